The van der Waals surface area contributed by atoms with Crippen LogP contribution >= 0.6 is 0 Å². The highest BCUT2D eigenvalue weighted by Crippen LogP contribution is 2.32. The number of rotatable bonds is 4. The number of ether oxygens (including phenoxy) is 2. The summed E-state index contributed by atoms with van der Waals surface area (Å²) in [6.45, 7) is 2.02. The highest BCUT2D eigenvalue weighted by molar-refractivity contribution is 5.86. The third kappa shape index (κ3) is 2.86. The monoisotopic (exact) mass is 347 g/mol. The molecule has 0 saturated carbocycles. The van der Waals surface area contributed by atoms with Gasteiger partial charge >= 0.3 is 0 Å². The fourth-order valence-electron chi connectivity index (χ4n) is 2.81. The van der Waals surface area contributed by atoms with E-state index in [-0.39, 0.29) is 0 Å². The van der Waals surface area contributed by atoms with Gasteiger partial charge in [0, 0.05) is 10.9 Å². The summed E-state index contributed by atoms with van der Waals surface area (Å²) in [5.74, 6) is 2.08. The molecule has 0 amide bonds. The van der Waals surface area contributed by atoms with Crippen LogP contribution in [0.3, 0.4) is 0 Å². The largest absolute Gasteiger partial charge is 0.497 e. The lowest BCUT2D eigenvalue weighted by Gasteiger charge is -2.07. The molecule has 4 rings (SSSR count). The summed E-state index contributed by atoms with van der Waals surface area (Å²) < 4.78 is 16.2. The molecular formula is C20H17N3O3. The Morgan fingerprint density at radius 2 is 1.81 bits per heavy atom. The molecule has 2 aromatic heterocycles. The Morgan fingerprint density at radius 3 is 2.58 bits per heavy atom. The van der Waals surface area contributed by atoms with Gasteiger partial charge in [-0.2, -0.15) is 4.98 Å². The smallest absolute Gasteiger partial charge is 0.258 e. The summed E-state index contributed by atoms with van der Waals surface area (Å²) in [6.07, 6.45) is 0. The lowest BCUT2D eigenvalue weighted by molar-refractivity contribution is 0.399. The van der Waals surface area contributed by atoms with E-state index in [1.165, 1.54) is 0 Å². The van der Waals surface area contributed by atoms with Gasteiger partial charge in [-0.3, -0.25) is 0 Å². The molecule has 0 N–H and O–H groups in total. The fraction of sp³-hybridized carbons (Fsp3) is 0.150. The molecule has 0 aliphatic rings. The number of benzene rings is 2. The standard InChI is InChI=1S/C20H17N3O3/c1-12-5-4-6-13(9-12)19-22-18(23-26-19)16-11-14-10-15(24-2)7-8-17(14)21-20(16)25-3/h4-11H,1-3H3. The Hall–Kier alpha value is -3.41. The van der Waals surface area contributed by atoms with Crippen LogP contribution in [0.25, 0.3) is 33.7 Å². The van der Waals surface area contributed by atoms with Crippen LogP contribution < -0.4 is 9.47 Å². The van der Waals surface area contributed by atoms with Gasteiger partial charge in [0.25, 0.3) is 5.89 Å². The quantitative estimate of drug-likeness (QED) is 0.549. The average molecular weight is 347 g/mol. The van der Waals surface area contributed by atoms with E-state index < -0.39 is 0 Å². The van der Waals surface area contributed by atoms with Crippen molar-refractivity contribution in [3.63, 3.8) is 0 Å². The Morgan fingerprint density at radius 1 is 0.923 bits per heavy atom. The van der Waals surface area contributed by atoms with Crippen LogP contribution in [-0.2, 0) is 0 Å². The molecule has 0 aliphatic carbocycles. The Kier molecular flexibility index (Phi) is 4.01. The SMILES string of the molecule is COc1ccc2nc(OC)c(-c3noc(-c4cccc(C)c4)n3)cc2c1. The van der Waals surface area contributed by atoms with Crippen molar-refractivity contribution in [3.8, 4) is 34.5 Å². The van der Waals surface area contributed by atoms with Crippen molar-refractivity contribution < 1.29 is 14.0 Å². The first-order valence-corrected chi connectivity index (χ1v) is 8.12. The second-order valence-electron chi connectivity index (χ2n) is 5.90. The molecule has 26 heavy (non-hydrogen) atoms. The van der Waals surface area contributed by atoms with E-state index in [1.54, 1.807) is 14.2 Å². The number of fused-ring (bicyclic) bond motifs is 1. The van der Waals surface area contributed by atoms with Gasteiger partial charge in [0.05, 0.1) is 25.3 Å². The Bertz CT molecular complexity index is 1090. The summed E-state index contributed by atoms with van der Waals surface area (Å²) in [5, 5.41) is 5.02. The molecule has 0 atom stereocenters. The first-order valence-electron chi connectivity index (χ1n) is 8.12. The first-order chi connectivity index (χ1) is 12.7. The molecule has 0 saturated heterocycles. The second kappa shape index (κ2) is 6.48. The number of pyridine rings is 1. The van der Waals surface area contributed by atoms with Crippen LogP contribution in [0.2, 0.25) is 0 Å². The lowest BCUT2D eigenvalue weighted by Crippen LogP contribution is -1.94. The van der Waals surface area contributed by atoms with Crippen LogP contribution in [0, 0.1) is 6.92 Å². The van der Waals surface area contributed by atoms with Crippen LogP contribution in [-0.4, -0.2) is 29.3 Å². The Labute approximate surface area is 150 Å². The first kappa shape index (κ1) is 16.1. The minimum Gasteiger partial charge on any atom is -0.497 e. The molecule has 2 heterocycles. The van der Waals surface area contributed by atoms with E-state index in [0.717, 1.165) is 27.8 Å². The number of aryl methyl sites for hydroxylation is 1. The fourth-order valence-corrected chi connectivity index (χ4v) is 2.81. The van der Waals surface area contributed by atoms with Gasteiger partial charge in [-0.1, -0.05) is 22.9 Å². The van der Waals surface area contributed by atoms with Gasteiger partial charge in [-0.15, -0.1) is 0 Å². The molecular weight excluding hydrogens is 330 g/mol. The number of aromatic nitrogens is 3. The minimum atomic E-state index is 0.426. The van der Waals surface area contributed by atoms with E-state index in [0.29, 0.717) is 23.2 Å². The van der Waals surface area contributed by atoms with Crippen LogP contribution in [0.4, 0.5) is 0 Å². The van der Waals surface area contributed by atoms with Crippen LogP contribution in [0.1, 0.15) is 5.56 Å². The predicted molar refractivity (Wildman–Crippen MR) is 98.3 cm³/mol. The van der Waals surface area contributed by atoms with Gasteiger partial charge in [-0.05, 0) is 43.3 Å². The molecule has 0 unspecified atom stereocenters. The van der Waals surface area contributed by atoms with Crippen molar-refractivity contribution in [1.82, 2.24) is 15.1 Å². The van der Waals surface area contributed by atoms with Gasteiger partial charge in [-0.25, -0.2) is 4.98 Å². The molecule has 0 fully saturated rings. The summed E-state index contributed by atoms with van der Waals surface area (Å²) in [7, 11) is 3.20. The van der Waals surface area contributed by atoms with Gasteiger partial charge in [0.1, 0.15) is 5.75 Å². The second-order valence-corrected chi connectivity index (χ2v) is 5.90. The highest BCUT2D eigenvalue weighted by Gasteiger charge is 2.17. The maximum atomic E-state index is 5.45. The van der Waals surface area contributed by atoms with Crippen molar-refractivity contribution in [2.45, 2.75) is 6.92 Å². The maximum absolute atomic E-state index is 5.45. The van der Waals surface area contributed by atoms with E-state index in [1.807, 2.05) is 55.5 Å². The van der Waals surface area contributed by atoms with Crippen molar-refractivity contribution in [2.75, 3.05) is 14.2 Å². The summed E-state index contributed by atoms with van der Waals surface area (Å²) in [6, 6.07) is 15.5. The normalized spacial score (nSPS) is 10.9. The average Bonchev–Trinajstić information content (AvgIpc) is 3.16. The zero-order chi connectivity index (χ0) is 18.1. The number of hydrogen-bond acceptors (Lipinski definition) is 6. The van der Waals surface area contributed by atoms with E-state index in [9.17, 15) is 0 Å². The van der Waals surface area contributed by atoms with Gasteiger partial charge < -0.3 is 14.0 Å². The predicted octanol–water partition coefficient (Wildman–Crippen LogP) is 4.28. The number of nitrogens with zero attached hydrogens (tertiary/aromatic N) is 3. The van der Waals surface area contributed by atoms with Crippen molar-refractivity contribution >= 4 is 10.9 Å². The van der Waals surface area contributed by atoms with Crippen molar-refractivity contribution in [3.05, 3.63) is 54.1 Å². The van der Waals surface area contributed by atoms with E-state index >= 15 is 0 Å². The number of methoxy groups -OCH3 is 2. The zero-order valence-electron chi connectivity index (χ0n) is 14.7. The molecule has 130 valence electrons. The van der Waals surface area contributed by atoms with Crippen molar-refractivity contribution in [1.29, 1.82) is 0 Å². The summed E-state index contributed by atoms with van der Waals surface area (Å²) in [4.78, 5) is 9.06. The molecule has 0 bridgehead atoms. The molecule has 6 heteroatoms. The molecule has 0 radical (unpaired) electrons. The molecule has 2 aromatic carbocycles. The minimum absolute atomic E-state index is 0.426. The maximum Gasteiger partial charge on any atom is 0.258 e. The summed E-state index contributed by atoms with van der Waals surface area (Å²) >= 11 is 0. The molecule has 0 aliphatic heterocycles. The zero-order valence-corrected chi connectivity index (χ0v) is 14.7. The third-order valence-corrected chi connectivity index (χ3v) is 4.11. The highest BCUT2D eigenvalue weighted by atomic mass is 16.5. The van der Waals surface area contributed by atoms with Gasteiger partial charge in [0.2, 0.25) is 11.7 Å². The lowest BCUT2D eigenvalue weighted by atomic mass is 10.1. The Balaban J connectivity index is 1.83. The van der Waals surface area contributed by atoms with Crippen molar-refractivity contribution in [2.24, 2.45) is 0 Å². The number of hydrogen-bond donors (Lipinski definition) is 0. The summed E-state index contributed by atoms with van der Waals surface area (Å²) in [5.41, 5.74) is 3.46. The molecule has 0 spiro atoms. The van der Waals surface area contributed by atoms with Crippen LogP contribution in [0.15, 0.2) is 53.1 Å². The third-order valence-electron chi connectivity index (χ3n) is 4.11. The molecule has 6 nitrogen and oxygen atoms in total. The van der Waals surface area contributed by atoms with Gasteiger partial charge in [0.15, 0.2) is 0 Å². The van der Waals surface area contributed by atoms with Crippen LogP contribution in [0.5, 0.6) is 11.6 Å². The molecule has 4 aromatic rings. The topological polar surface area (TPSA) is 70.3 Å². The van der Waals surface area contributed by atoms with E-state index in [2.05, 4.69) is 15.1 Å². The van der Waals surface area contributed by atoms with E-state index in [4.69, 9.17) is 14.0 Å².